The summed E-state index contributed by atoms with van der Waals surface area (Å²) in [6.07, 6.45) is 0. The van der Waals surface area contributed by atoms with Crippen LogP contribution in [-0.2, 0) is 0 Å². The minimum atomic E-state index is -1.14. The average molecular weight is 222 g/mol. The maximum atomic E-state index is 13.1. The summed E-state index contributed by atoms with van der Waals surface area (Å²) in [5.74, 6) is -1.60. The fourth-order valence-corrected chi connectivity index (χ4v) is 1.66. The summed E-state index contributed by atoms with van der Waals surface area (Å²) < 4.78 is 14.6. The first-order chi connectivity index (χ1) is 7.50. The molecule has 4 nitrogen and oxygen atoms in total. The largest absolute Gasteiger partial charge is 0.476 e. The van der Waals surface area contributed by atoms with Crippen molar-refractivity contribution in [3.63, 3.8) is 0 Å². The van der Waals surface area contributed by atoms with Crippen LogP contribution in [-0.4, -0.2) is 20.9 Å². The summed E-state index contributed by atoms with van der Waals surface area (Å²) in [5, 5.41) is 13.3. The van der Waals surface area contributed by atoms with Gasteiger partial charge in [0.25, 0.3) is 0 Å². The van der Waals surface area contributed by atoms with Gasteiger partial charge in [-0.25, -0.2) is 9.18 Å². The Hall–Kier alpha value is -1.91. The minimum absolute atomic E-state index is 0.0288. The van der Waals surface area contributed by atoms with Crippen LogP contribution in [0.4, 0.5) is 4.39 Å². The molecule has 0 spiro atoms. The molecule has 5 heteroatoms. The zero-order chi connectivity index (χ0) is 11.9. The Labute approximate surface area is 91.3 Å². The number of carboxylic acids is 1. The number of hydrogen-bond acceptors (Lipinski definition) is 2. The van der Waals surface area contributed by atoms with Gasteiger partial charge in [0.05, 0.1) is 5.52 Å². The number of carbonyl (C=O) groups is 1. The van der Waals surface area contributed by atoms with Crippen molar-refractivity contribution in [3.05, 3.63) is 29.7 Å². The number of fused-ring (bicyclic) bond motifs is 1. The van der Waals surface area contributed by atoms with Crippen molar-refractivity contribution in [2.45, 2.75) is 19.9 Å². The van der Waals surface area contributed by atoms with Crippen molar-refractivity contribution in [3.8, 4) is 0 Å². The standard InChI is InChI=1S/C11H11FN2O2/c1-6(2)14-9-4-3-7(12)5-8(9)10(13-14)11(15)16/h3-6H,1-2H3,(H,15,16). The third-order valence-electron chi connectivity index (χ3n) is 2.36. The van der Waals surface area contributed by atoms with Crippen LogP contribution in [0, 0.1) is 5.82 Å². The van der Waals surface area contributed by atoms with Crippen LogP contribution in [0.15, 0.2) is 18.2 Å². The molecule has 0 unspecified atom stereocenters. The average Bonchev–Trinajstić information content (AvgIpc) is 2.56. The molecule has 2 aromatic rings. The third kappa shape index (κ3) is 1.54. The molecular formula is C11H11FN2O2. The molecule has 1 heterocycles. The highest BCUT2D eigenvalue weighted by atomic mass is 19.1. The van der Waals surface area contributed by atoms with Gasteiger partial charge in [0.1, 0.15) is 5.82 Å². The lowest BCUT2D eigenvalue weighted by atomic mass is 10.2. The number of hydrogen-bond donors (Lipinski definition) is 1. The van der Waals surface area contributed by atoms with E-state index in [0.29, 0.717) is 10.9 Å². The van der Waals surface area contributed by atoms with Crippen LogP contribution in [0.1, 0.15) is 30.4 Å². The van der Waals surface area contributed by atoms with E-state index in [2.05, 4.69) is 5.10 Å². The Balaban J connectivity index is 2.81. The van der Waals surface area contributed by atoms with Crippen molar-refractivity contribution >= 4 is 16.9 Å². The minimum Gasteiger partial charge on any atom is -0.476 e. The molecule has 16 heavy (non-hydrogen) atoms. The van der Waals surface area contributed by atoms with Gasteiger partial charge < -0.3 is 5.11 Å². The molecule has 0 aliphatic rings. The number of aromatic carboxylic acids is 1. The number of aromatic nitrogens is 2. The Morgan fingerprint density at radius 1 is 1.50 bits per heavy atom. The molecule has 1 aromatic heterocycles. The fraction of sp³-hybridized carbons (Fsp3) is 0.273. The summed E-state index contributed by atoms with van der Waals surface area (Å²) in [6.45, 7) is 3.78. The van der Waals surface area contributed by atoms with E-state index >= 15 is 0 Å². The monoisotopic (exact) mass is 222 g/mol. The van der Waals surface area contributed by atoms with Gasteiger partial charge in [0.2, 0.25) is 0 Å². The molecule has 0 atom stereocenters. The number of nitrogens with zero attached hydrogens (tertiary/aromatic N) is 2. The van der Waals surface area contributed by atoms with Crippen LogP contribution >= 0.6 is 0 Å². The van der Waals surface area contributed by atoms with Gasteiger partial charge in [-0.05, 0) is 32.0 Å². The van der Waals surface area contributed by atoms with Gasteiger partial charge in [-0.2, -0.15) is 5.10 Å². The topological polar surface area (TPSA) is 55.1 Å². The molecule has 0 bridgehead atoms. The molecule has 0 aliphatic heterocycles. The van der Waals surface area contributed by atoms with Gasteiger partial charge in [-0.15, -0.1) is 0 Å². The second kappa shape index (κ2) is 3.59. The molecule has 2 rings (SSSR count). The van der Waals surface area contributed by atoms with Crippen molar-refractivity contribution in [1.82, 2.24) is 9.78 Å². The summed E-state index contributed by atoms with van der Waals surface area (Å²) in [5.41, 5.74) is 0.525. The van der Waals surface area contributed by atoms with Crippen LogP contribution in [0.5, 0.6) is 0 Å². The predicted octanol–water partition coefficient (Wildman–Crippen LogP) is 2.45. The van der Waals surface area contributed by atoms with E-state index in [1.54, 1.807) is 10.7 Å². The number of halogens is 1. The zero-order valence-corrected chi connectivity index (χ0v) is 8.94. The van der Waals surface area contributed by atoms with Gasteiger partial charge in [0, 0.05) is 11.4 Å². The summed E-state index contributed by atoms with van der Waals surface area (Å²) in [7, 11) is 0. The van der Waals surface area contributed by atoms with E-state index in [4.69, 9.17) is 5.11 Å². The van der Waals surface area contributed by atoms with Crippen molar-refractivity contribution in [1.29, 1.82) is 0 Å². The van der Waals surface area contributed by atoms with E-state index in [1.165, 1.54) is 12.1 Å². The second-order valence-corrected chi connectivity index (χ2v) is 3.85. The van der Waals surface area contributed by atoms with Gasteiger partial charge in [0.15, 0.2) is 5.69 Å². The SMILES string of the molecule is CC(C)n1nc(C(=O)O)c2cc(F)ccc21. The van der Waals surface area contributed by atoms with E-state index in [-0.39, 0.29) is 11.7 Å². The van der Waals surface area contributed by atoms with Gasteiger partial charge >= 0.3 is 5.97 Å². The lowest BCUT2D eigenvalue weighted by Crippen LogP contribution is -2.05. The highest BCUT2D eigenvalue weighted by molar-refractivity contribution is 6.01. The smallest absolute Gasteiger partial charge is 0.357 e. The zero-order valence-electron chi connectivity index (χ0n) is 8.94. The fourth-order valence-electron chi connectivity index (χ4n) is 1.66. The normalized spacial score (nSPS) is 11.2. The van der Waals surface area contributed by atoms with Crippen LogP contribution in [0.2, 0.25) is 0 Å². The molecule has 0 saturated heterocycles. The van der Waals surface area contributed by atoms with E-state index in [1.807, 2.05) is 13.8 Å². The van der Waals surface area contributed by atoms with E-state index in [9.17, 15) is 9.18 Å². The maximum absolute atomic E-state index is 13.1. The summed E-state index contributed by atoms with van der Waals surface area (Å²) in [4.78, 5) is 11.0. The molecule has 0 saturated carbocycles. The maximum Gasteiger partial charge on any atom is 0.357 e. The number of benzene rings is 1. The summed E-state index contributed by atoms with van der Waals surface area (Å²) in [6, 6.07) is 4.07. The Morgan fingerprint density at radius 3 is 2.75 bits per heavy atom. The van der Waals surface area contributed by atoms with Crippen LogP contribution in [0.3, 0.4) is 0 Å². The van der Waals surface area contributed by atoms with E-state index in [0.717, 1.165) is 0 Å². The van der Waals surface area contributed by atoms with Crippen LogP contribution in [0.25, 0.3) is 10.9 Å². The van der Waals surface area contributed by atoms with Crippen molar-refractivity contribution in [2.24, 2.45) is 0 Å². The first-order valence-electron chi connectivity index (χ1n) is 4.91. The van der Waals surface area contributed by atoms with Gasteiger partial charge in [-0.1, -0.05) is 0 Å². The predicted molar refractivity (Wildman–Crippen MR) is 57.0 cm³/mol. The number of rotatable bonds is 2. The molecule has 0 radical (unpaired) electrons. The molecule has 1 aromatic carbocycles. The van der Waals surface area contributed by atoms with E-state index < -0.39 is 11.8 Å². The molecule has 1 N–H and O–H groups in total. The quantitative estimate of drug-likeness (QED) is 0.849. The molecule has 0 fully saturated rings. The lowest BCUT2D eigenvalue weighted by Gasteiger charge is -2.06. The number of carboxylic acid groups (broad SMARTS) is 1. The Kier molecular flexibility index (Phi) is 2.38. The Bertz CT molecular complexity index is 560. The molecule has 84 valence electrons. The Morgan fingerprint density at radius 2 is 2.19 bits per heavy atom. The third-order valence-corrected chi connectivity index (χ3v) is 2.36. The first kappa shape index (κ1) is 10.6. The molecular weight excluding hydrogens is 211 g/mol. The lowest BCUT2D eigenvalue weighted by molar-refractivity contribution is 0.0691. The van der Waals surface area contributed by atoms with Crippen molar-refractivity contribution in [2.75, 3.05) is 0 Å². The molecule has 0 amide bonds. The highest BCUT2D eigenvalue weighted by Gasteiger charge is 2.17. The highest BCUT2D eigenvalue weighted by Crippen LogP contribution is 2.22. The molecule has 0 aliphatic carbocycles. The first-order valence-corrected chi connectivity index (χ1v) is 4.91. The summed E-state index contributed by atoms with van der Waals surface area (Å²) >= 11 is 0. The van der Waals surface area contributed by atoms with Crippen LogP contribution < -0.4 is 0 Å². The van der Waals surface area contributed by atoms with Crippen molar-refractivity contribution < 1.29 is 14.3 Å². The second-order valence-electron chi connectivity index (χ2n) is 3.85. The van der Waals surface area contributed by atoms with Gasteiger partial charge in [-0.3, -0.25) is 4.68 Å².